The number of halogens is 1. The monoisotopic (exact) mass is 443 g/mol. The number of fused-ring (bicyclic) bond motifs is 1. The van der Waals surface area contributed by atoms with Gasteiger partial charge in [0.05, 0.1) is 11.7 Å². The van der Waals surface area contributed by atoms with E-state index in [1.54, 1.807) is 18.2 Å². The highest BCUT2D eigenvalue weighted by Crippen LogP contribution is 2.41. The fourth-order valence-electron chi connectivity index (χ4n) is 4.13. The van der Waals surface area contributed by atoms with E-state index in [-0.39, 0.29) is 39.7 Å². The molecule has 0 spiro atoms. The van der Waals surface area contributed by atoms with Crippen molar-refractivity contribution in [2.75, 3.05) is 5.73 Å². The maximum Gasteiger partial charge on any atom is 0.285 e. The molecular formula is C22H22FN3O4S. The normalized spacial score (nSPS) is 20.3. The van der Waals surface area contributed by atoms with Crippen LogP contribution in [0, 0.1) is 11.2 Å². The number of nitrogens with zero attached hydrogens (tertiary/aromatic N) is 2. The van der Waals surface area contributed by atoms with Gasteiger partial charge in [-0.25, -0.2) is 4.39 Å². The molecule has 9 heteroatoms. The number of aliphatic hydroxyl groups is 1. The highest BCUT2D eigenvalue weighted by Gasteiger charge is 2.49. The highest BCUT2D eigenvalue weighted by atomic mass is 32.2. The van der Waals surface area contributed by atoms with E-state index in [9.17, 15) is 22.7 Å². The number of sulfonamides is 1. The largest absolute Gasteiger partial charge is 0.509 e. The molecular weight excluding hydrogens is 421 g/mol. The fraction of sp³-hybridized carbons (Fsp3) is 0.273. The van der Waals surface area contributed by atoms with Crippen LogP contribution < -0.4 is 5.73 Å². The van der Waals surface area contributed by atoms with Crippen molar-refractivity contribution in [3.05, 3.63) is 70.7 Å². The molecule has 0 aromatic heterocycles. The van der Waals surface area contributed by atoms with Gasteiger partial charge >= 0.3 is 0 Å². The molecule has 0 radical (unpaired) electrons. The molecule has 2 aliphatic rings. The van der Waals surface area contributed by atoms with Crippen LogP contribution in [0.2, 0.25) is 0 Å². The summed E-state index contributed by atoms with van der Waals surface area (Å²) in [6, 6.07) is 9.51. The van der Waals surface area contributed by atoms with Gasteiger partial charge in [-0.1, -0.05) is 45.0 Å². The SMILES string of the molecule is CC(C)(C)[C@H]1C(O)=C(C2=NS(=O)(=O)c3c(N)cccc32)C(=O)N1Cc1ccc(F)cc1. The molecule has 2 aromatic rings. The predicted octanol–water partition coefficient (Wildman–Crippen LogP) is 3.17. The van der Waals surface area contributed by atoms with Gasteiger partial charge in [0.25, 0.3) is 15.9 Å². The molecule has 4 rings (SSSR count). The topological polar surface area (TPSA) is 113 Å². The number of aliphatic hydroxyl groups excluding tert-OH is 1. The van der Waals surface area contributed by atoms with E-state index >= 15 is 0 Å². The molecule has 2 aliphatic heterocycles. The molecule has 31 heavy (non-hydrogen) atoms. The summed E-state index contributed by atoms with van der Waals surface area (Å²) < 4.78 is 42.3. The summed E-state index contributed by atoms with van der Waals surface area (Å²) in [7, 11) is -4.10. The Bertz CT molecular complexity index is 1260. The number of rotatable bonds is 3. The third-order valence-electron chi connectivity index (χ3n) is 5.39. The van der Waals surface area contributed by atoms with Gasteiger partial charge in [0.15, 0.2) is 0 Å². The molecule has 3 N–H and O–H groups in total. The molecule has 1 amide bonds. The number of hydrogen-bond donors (Lipinski definition) is 2. The molecule has 0 saturated heterocycles. The summed E-state index contributed by atoms with van der Waals surface area (Å²) >= 11 is 0. The first-order valence-corrected chi connectivity index (χ1v) is 11.1. The number of carbonyl (C=O) groups excluding carboxylic acids is 1. The van der Waals surface area contributed by atoms with E-state index in [1.807, 2.05) is 20.8 Å². The Labute approximate surface area is 179 Å². The zero-order valence-electron chi connectivity index (χ0n) is 17.3. The van der Waals surface area contributed by atoms with Crippen LogP contribution in [0.5, 0.6) is 0 Å². The molecule has 7 nitrogen and oxygen atoms in total. The van der Waals surface area contributed by atoms with Gasteiger partial charge in [0.2, 0.25) is 0 Å². The molecule has 2 aromatic carbocycles. The van der Waals surface area contributed by atoms with Gasteiger partial charge in [0, 0.05) is 12.1 Å². The van der Waals surface area contributed by atoms with Gasteiger partial charge in [-0.2, -0.15) is 12.8 Å². The number of amides is 1. The van der Waals surface area contributed by atoms with Crippen molar-refractivity contribution in [2.24, 2.45) is 9.81 Å². The van der Waals surface area contributed by atoms with Crippen molar-refractivity contribution in [3.63, 3.8) is 0 Å². The number of hydrogen-bond acceptors (Lipinski definition) is 5. The van der Waals surface area contributed by atoms with Crippen molar-refractivity contribution < 1.29 is 22.7 Å². The number of anilines is 1. The van der Waals surface area contributed by atoms with Crippen molar-refractivity contribution in [3.8, 4) is 0 Å². The Morgan fingerprint density at radius 3 is 2.42 bits per heavy atom. The number of nitrogen functional groups attached to an aromatic ring is 1. The van der Waals surface area contributed by atoms with Crippen LogP contribution >= 0.6 is 0 Å². The Morgan fingerprint density at radius 1 is 1.16 bits per heavy atom. The first-order valence-electron chi connectivity index (χ1n) is 9.64. The van der Waals surface area contributed by atoms with E-state index in [0.29, 0.717) is 5.56 Å². The molecule has 0 saturated carbocycles. The van der Waals surface area contributed by atoms with E-state index < -0.39 is 33.2 Å². The molecule has 0 bridgehead atoms. The summed E-state index contributed by atoms with van der Waals surface area (Å²) in [4.78, 5) is 14.8. The van der Waals surface area contributed by atoms with Gasteiger partial charge < -0.3 is 15.7 Å². The Morgan fingerprint density at radius 2 is 1.81 bits per heavy atom. The van der Waals surface area contributed by atoms with E-state index in [4.69, 9.17) is 5.73 Å². The summed E-state index contributed by atoms with van der Waals surface area (Å²) in [5.41, 5.74) is 5.90. The average molecular weight is 444 g/mol. The van der Waals surface area contributed by atoms with Crippen molar-refractivity contribution in [2.45, 2.75) is 38.3 Å². The van der Waals surface area contributed by atoms with Crippen molar-refractivity contribution >= 4 is 27.3 Å². The predicted molar refractivity (Wildman–Crippen MR) is 114 cm³/mol. The van der Waals surface area contributed by atoms with E-state index in [1.165, 1.54) is 29.2 Å². The summed E-state index contributed by atoms with van der Waals surface area (Å²) in [5, 5.41) is 11.1. The van der Waals surface area contributed by atoms with E-state index in [2.05, 4.69) is 4.40 Å². The zero-order valence-corrected chi connectivity index (χ0v) is 18.1. The number of benzene rings is 2. The van der Waals surface area contributed by atoms with Crippen LogP contribution in [0.1, 0.15) is 31.9 Å². The maximum atomic E-state index is 13.5. The molecule has 0 aliphatic carbocycles. The second-order valence-corrected chi connectivity index (χ2v) is 10.3. The lowest BCUT2D eigenvalue weighted by molar-refractivity contribution is -0.129. The summed E-state index contributed by atoms with van der Waals surface area (Å²) in [6.07, 6.45) is 0. The highest BCUT2D eigenvalue weighted by molar-refractivity contribution is 7.91. The molecule has 162 valence electrons. The second kappa shape index (κ2) is 6.91. The van der Waals surface area contributed by atoms with Crippen LogP contribution in [0.25, 0.3) is 0 Å². The first-order chi connectivity index (χ1) is 14.4. The minimum Gasteiger partial charge on any atom is -0.509 e. The fourth-order valence-corrected chi connectivity index (χ4v) is 5.46. The lowest BCUT2D eigenvalue weighted by Gasteiger charge is -2.35. The van der Waals surface area contributed by atoms with Crippen LogP contribution in [-0.4, -0.2) is 36.1 Å². The van der Waals surface area contributed by atoms with Crippen molar-refractivity contribution in [1.29, 1.82) is 0 Å². The number of carbonyl (C=O) groups is 1. The summed E-state index contributed by atoms with van der Waals surface area (Å²) in [6.45, 7) is 5.70. The molecule has 0 fully saturated rings. The van der Waals surface area contributed by atoms with Gasteiger partial charge in [-0.15, -0.1) is 0 Å². The van der Waals surface area contributed by atoms with Gasteiger partial charge in [0.1, 0.15) is 27.8 Å². The van der Waals surface area contributed by atoms with Crippen LogP contribution in [0.3, 0.4) is 0 Å². The lowest BCUT2D eigenvalue weighted by atomic mass is 9.84. The van der Waals surface area contributed by atoms with Gasteiger partial charge in [-0.3, -0.25) is 4.79 Å². The number of nitrogens with two attached hydrogens (primary N) is 1. The lowest BCUT2D eigenvalue weighted by Crippen LogP contribution is -2.43. The minimum absolute atomic E-state index is 0.0253. The van der Waals surface area contributed by atoms with Crippen LogP contribution in [-0.2, 0) is 21.4 Å². The van der Waals surface area contributed by atoms with Crippen LogP contribution in [0.4, 0.5) is 10.1 Å². The Hall–Kier alpha value is -3.20. The quantitative estimate of drug-likeness (QED) is 0.708. The third-order valence-corrected chi connectivity index (χ3v) is 6.79. The molecule has 1 atom stereocenters. The minimum atomic E-state index is -4.10. The van der Waals surface area contributed by atoms with E-state index in [0.717, 1.165) is 0 Å². The molecule has 0 unspecified atom stereocenters. The third kappa shape index (κ3) is 3.38. The zero-order chi connectivity index (χ0) is 22.7. The smallest absolute Gasteiger partial charge is 0.285 e. The van der Waals surface area contributed by atoms with Crippen LogP contribution in [0.15, 0.2) is 63.1 Å². The standard InChI is InChI=1S/C22H22FN3O4S/c1-22(2,3)20-18(27)16(21(28)26(20)11-12-7-9-13(23)10-8-12)17-14-5-4-6-15(24)19(14)31(29,30)25-17/h4-10,20,27H,11,24H2,1-3H3/t20-/m1/s1. The average Bonchev–Trinajstić information content (AvgIpc) is 3.07. The second-order valence-electron chi connectivity index (χ2n) is 8.73. The Kier molecular flexibility index (Phi) is 4.69. The first kappa shape index (κ1) is 21.0. The Balaban J connectivity index is 1.84. The molecule has 2 heterocycles. The van der Waals surface area contributed by atoms with Gasteiger partial charge in [-0.05, 0) is 29.2 Å². The van der Waals surface area contributed by atoms with Crippen molar-refractivity contribution in [1.82, 2.24) is 4.90 Å². The maximum absolute atomic E-state index is 13.5. The summed E-state index contributed by atoms with van der Waals surface area (Å²) in [5.74, 6) is -1.19.